The first-order valence-electron chi connectivity index (χ1n) is 7.45. The van der Waals surface area contributed by atoms with Gasteiger partial charge in [-0.2, -0.15) is 0 Å². The van der Waals surface area contributed by atoms with Gasteiger partial charge in [-0.25, -0.2) is 13.1 Å². The lowest BCUT2D eigenvalue weighted by molar-refractivity contribution is 0.294. The van der Waals surface area contributed by atoms with Crippen LogP contribution in [0.5, 0.6) is 0 Å². The number of nitrogens with one attached hydrogen (secondary N) is 1. The molecule has 118 valence electrons. The van der Waals surface area contributed by atoms with Crippen LogP contribution in [0.2, 0.25) is 5.02 Å². The molecule has 0 aliphatic heterocycles. The van der Waals surface area contributed by atoms with E-state index in [1.54, 1.807) is 24.3 Å². The number of halogens is 1. The summed E-state index contributed by atoms with van der Waals surface area (Å²) in [7, 11) is -3.43. The van der Waals surface area contributed by atoms with Crippen molar-refractivity contribution in [2.24, 2.45) is 11.7 Å². The second-order valence-electron chi connectivity index (χ2n) is 5.71. The second kappa shape index (κ2) is 7.58. The molecule has 0 bridgehead atoms. The van der Waals surface area contributed by atoms with Gasteiger partial charge in [-0.15, -0.1) is 0 Å². The molecule has 4 nitrogen and oxygen atoms in total. The van der Waals surface area contributed by atoms with E-state index >= 15 is 0 Å². The van der Waals surface area contributed by atoms with Gasteiger partial charge in [0.2, 0.25) is 10.0 Å². The summed E-state index contributed by atoms with van der Waals surface area (Å²) in [6.07, 6.45) is 5.66. The number of nitrogens with two attached hydrogens (primary N) is 1. The zero-order valence-corrected chi connectivity index (χ0v) is 13.7. The lowest BCUT2D eigenvalue weighted by atomic mass is 9.84. The van der Waals surface area contributed by atoms with Gasteiger partial charge in [-0.3, -0.25) is 0 Å². The van der Waals surface area contributed by atoms with E-state index in [1.807, 2.05) is 0 Å². The van der Waals surface area contributed by atoms with Crippen molar-refractivity contribution in [1.29, 1.82) is 0 Å². The lowest BCUT2D eigenvalue weighted by Gasteiger charge is -2.29. The molecule has 1 atom stereocenters. The fraction of sp³-hybridized carbons (Fsp3) is 0.600. The summed E-state index contributed by atoms with van der Waals surface area (Å²) in [5.41, 5.74) is 6.40. The summed E-state index contributed by atoms with van der Waals surface area (Å²) in [6.45, 7) is 0.340. The van der Waals surface area contributed by atoms with Gasteiger partial charge in [0.15, 0.2) is 0 Å². The molecule has 0 amide bonds. The SMILES string of the molecule is NCC(NS(=O)(=O)Cc1ccccc1Cl)C1CCCCC1. The van der Waals surface area contributed by atoms with Crippen LogP contribution in [0.4, 0.5) is 0 Å². The van der Waals surface area contributed by atoms with Crippen LogP contribution in [0.25, 0.3) is 0 Å². The Balaban J connectivity index is 2.03. The standard InChI is InChI=1S/C15H23ClN2O2S/c16-14-9-5-4-8-13(14)11-21(19,20)18-15(10-17)12-6-2-1-3-7-12/h4-5,8-9,12,15,18H,1-3,6-7,10-11,17H2. The smallest absolute Gasteiger partial charge is 0.216 e. The van der Waals surface area contributed by atoms with Gasteiger partial charge in [0.1, 0.15) is 0 Å². The molecular weight excluding hydrogens is 308 g/mol. The summed E-state index contributed by atoms with van der Waals surface area (Å²) in [5.74, 6) is 0.250. The Morgan fingerprint density at radius 3 is 2.52 bits per heavy atom. The molecule has 0 heterocycles. The van der Waals surface area contributed by atoms with E-state index < -0.39 is 10.0 Å². The molecule has 1 unspecified atom stereocenters. The van der Waals surface area contributed by atoms with Crippen molar-refractivity contribution >= 4 is 21.6 Å². The monoisotopic (exact) mass is 330 g/mol. The highest BCUT2D eigenvalue weighted by Crippen LogP contribution is 2.27. The molecular formula is C15H23ClN2O2S. The Morgan fingerprint density at radius 2 is 1.90 bits per heavy atom. The van der Waals surface area contributed by atoms with Gasteiger partial charge in [0.05, 0.1) is 5.75 Å². The van der Waals surface area contributed by atoms with Gasteiger partial charge in [-0.05, 0) is 30.4 Å². The number of hydrogen-bond donors (Lipinski definition) is 2. The zero-order valence-electron chi connectivity index (χ0n) is 12.1. The largest absolute Gasteiger partial charge is 0.329 e. The average molecular weight is 331 g/mol. The molecule has 21 heavy (non-hydrogen) atoms. The first kappa shape index (κ1) is 16.7. The third-order valence-electron chi connectivity index (χ3n) is 4.11. The summed E-state index contributed by atoms with van der Waals surface area (Å²) in [4.78, 5) is 0. The Labute approximate surface area is 132 Å². The van der Waals surface area contributed by atoms with Crippen LogP contribution in [0.1, 0.15) is 37.7 Å². The molecule has 1 aliphatic carbocycles. The molecule has 1 aromatic carbocycles. The van der Waals surface area contributed by atoms with Crippen molar-refractivity contribution in [1.82, 2.24) is 4.72 Å². The van der Waals surface area contributed by atoms with Crippen molar-refractivity contribution in [2.75, 3.05) is 6.54 Å². The molecule has 2 rings (SSSR count). The highest BCUT2D eigenvalue weighted by Gasteiger charge is 2.26. The van der Waals surface area contributed by atoms with E-state index in [0.29, 0.717) is 23.0 Å². The van der Waals surface area contributed by atoms with Crippen molar-refractivity contribution in [2.45, 2.75) is 43.9 Å². The minimum atomic E-state index is -3.43. The van der Waals surface area contributed by atoms with E-state index in [2.05, 4.69) is 4.72 Å². The van der Waals surface area contributed by atoms with Crippen molar-refractivity contribution in [3.8, 4) is 0 Å². The van der Waals surface area contributed by atoms with E-state index in [9.17, 15) is 8.42 Å². The minimum absolute atomic E-state index is 0.101. The average Bonchev–Trinajstić information content (AvgIpc) is 2.48. The van der Waals surface area contributed by atoms with E-state index in [0.717, 1.165) is 25.7 Å². The molecule has 0 aromatic heterocycles. The first-order chi connectivity index (χ1) is 10.0. The summed E-state index contributed by atoms with van der Waals surface area (Å²) in [6, 6.07) is 6.85. The van der Waals surface area contributed by atoms with E-state index in [-0.39, 0.29) is 11.8 Å². The molecule has 0 saturated heterocycles. The molecule has 1 aliphatic rings. The Bertz CT molecular complexity index is 557. The molecule has 1 saturated carbocycles. The summed E-state index contributed by atoms with van der Waals surface area (Å²) in [5, 5.41) is 0.477. The number of hydrogen-bond acceptors (Lipinski definition) is 3. The quantitative estimate of drug-likeness (QED) is 0.842. The highest BCUT2D eigenvalue weighted by atomic mass is 35.5. The minimum Gasteiger partial charge on any atom is -0.329 e. The van der Waals surface area contributed by atoms with Crippen LogP contribution in [0.3, 0.4) is 0 Å². The Kier molecular flexibility index (Phi) is 6.05. The summed E-state index contributed by atoms with van der Waals surface area (Å²) < 4.78 is 27.5. The van der Waals surface area contributed by atoms with Crippen LogP contribution < -0.4 is 10.5 Å². The predicted molar refractivity (Wildman–Crippen MR) is 86.6 cm³/mol. The molecule has 1 fully saturated rings. The van der Waals surface area contributed by atoms with Crippen LogP contribution in [-0.4, -0.2) is 21.0 Å². The van der Waals surface area contributed by atoms with E-state index in [4.69, 9.17) is 17.3 Å². The van der Waals surface area contributed by atoms with Gasteiger partial charge in [-0.1, -0.05) is 49.1 Å². The number of sulfonamides is 1. The fourth-order valence-corrected chi connectivity index (χ4v) is 4.74. The van der Waals surface area contributed by atoms with Crippen molar-refractivity contribution in [3.63, 3.8) is 0 Å². The molecule has 0 radical (unpaired) electrons. The van der Waals surface area contributed by atoms with E-state index in [1.165, 1.54) is 6.42 Å². The van der Waals surface area contributed by atoms with Crippen molar-refractivity contribution in [3.05, 3.63) is 34.9 Å². The maximum atomic E-state index is 12.3. The molecule has 1 aromatic rings. The maximum Gasteiger partial charge on any atom is 0.216 e. The maximum absolute atomic E-state index is 12.3. The number of rotatable bonds is 6. The Morgan fingerprint density at radius 1 is 1.24 bits per heavy atom. The fourth-order valence-electron chi connectivity index (χ4n) is 2.97. The van der Waals surface area contributed by atoms with Gasteiger partial charge in [0, 0.05) is 17.6 Å². The topological polar surface area (TPSA) is 72.2 Å². The molecule has 6 heteroatoms. The van der Waals surface area contributed by atoms with Gasteiger partial charge < -0.3 is 5.73 Å². The molecule has 3 N–H and O–H groups in total. The van der Waals surface area contributed by atoms with Gasteiger partial charge in [0.25, 0.3) is 0 Å². The third kappa shape index (κ3) is 4.95. The predicted octanol–water partition coefficient (Wildman–Crippen LogP) is 2.67. The van der Waals surface area contributed by atoms with Crippen LogP contribution >= 0.6 is 11.6 Å². The zero-order chi connectivity index (χ0) is 15.3. The normalized spacial score (nSPS) is 18.6. The summed E-state index contributed by atoms with van der Waals surface area (Å²) >= 11 is 6.03. The highest BCUT2D eigenvalue weighted by molar-refractivity contribution is 7.88. The van der Waals surface area contributed by atoms with Crippen LogP contribution in [-0.2, 0) is 15.8 Å². The molecule has 0 spiro atoms. The second-order valence-corrected chi connectivity index (χ2v) is 7.87. The van der Waals surface area contributed by atoms with Crippen LogP contribution in [0, 0.1) is 5.92 Å². The third-order valence-corrected chi connectivity index (χ3v) is 5.83. The first-order valence-corrected chi connectivity index (χ1v) is 9.48. The lowest BCUT2D eigenvalue weighted by Crippen LogP contribution is -2.46. The van der Waals surface area contributed by atoms with Gasteiger partial charge >= 0.3 is 0 Å². The Hall–Kier alpha value is -0.620. The van der Waals surface area contributed by atoms with Crippen molar-refractivity contribution < 1.29 is 8.42 Å². The number of benzene rings is 1. The van der Waals surface area contributed by atoms with Crippen LogP contribution in [0.15, 0.2) is 24.3 Å².